The van der Waals surface area contributed by atoms with Gasteiger partial charge in [-0.25, -0.2) is 0 Å². The summed E-state index contributed by atoms with van der Waals surface area (Å²) in [6.45, 7) is 6.58. The Kier molecular flexibility index (Phi) is 8.18. The van der Waals surface area contributed by atoms with Crippen LogP contribution in [0.4, 0.5) is 0 Å². The minimum absolute atomic E-state index is 0.0296. The minimum atomic E-state index is -0.269. The number of carbonyl (C=O) groups excluding carboxylic acids is 2. The van der Waals surface area contributed by atoms with Crippen molar-refractivity contribution in [3.8, 4) is 0 Å². The molecule has 0 atom stereocenters. The van der Waals surface area contributed by atoms with Gasteiger partial charge in [-0.2, -0.15) is 0 Å². The lowest BCUT2D eigenvalue weighted by Gasteiger charge is -2.06. The maximum atomic E-state index is 11.2. The predicted molar refractivity (Wildman–Crippen MR) is 61.9 cm³/mol. The Morgan fingerprint density at radius 1 is 1.40 bits per heavy atom. The number of esters is 1. The van der Waals surface area contributed by atoms with Crippen molar-refractivity contribution >= 4 is 23.6 Å². The fourth-order valence-corrected chi connectivity index (χ4v) is 1.42. The van der Waals surface area contributed by atoms with E-state index in [1.165, 1.54) is 0 Å². The molecule has 0 unspecified atom stereocenters. The molecule has 0 fully saturated rings. The first kappa shape index (κ1) is 14.3. The highest BCUT2D eigenvalue weighted by Gasteiger charge is 2.05. The van der Waals surface area contributed by atoms with Gasteiger partial charge in [0.05, 0.1) is 18.8 Å². The van der Waals surface area contributed by atoms with E-state index in [1.54, 1.807) is 18.7 Å². The second-order valence-corrected chi connectivity index (χ2v) is 4.83. The number of amides is 1. The molecule has 88 valence electrons. The highest BCUT2D eigenvalue weighted by Crippen LogP contribution is 2.07. The van der Waals surface area contributed by atoms with Gasteiger partial charge in [0.15, 0.2) is 0 Å². The number of rotatable bonds is 7. The van der Waals surface area contributed by atoms with Gasteiger partial charge in [-0.3, -0.25) is 9.59 Å². The van der Waals surface area contributed by atoms with Gasteiger partial charge < -0.3 is 10.1 Å². The number of ether oxygens (including phenoxy) is 1. The predicted octanol–water partition coefficient (Wildman–Crippen LogP) is 1.20. The summed E-state index contributed by atoms with van der Waals surface area (Å²) in [5, 5.41) is 3.11. The highest BCUT2D eigenvalue weighted by atomic mass is 32.2. The number of hydrogen-bond acceptors (Lipinski definition) is 4. The molecule has 1 amide bonds. The number of hydrogen-bond donors (Lipinski definition) is 1. The van der Waals surface area contributed by atoms with E-state index in [1.807, 2.05) is 13.8 Å². The second-order valence-electron chi connectivity index (χ2n) is 3.26. The maximum absolute atomic E-state index is 11.2. The SMILES string of the molecule is CCOC(=O)CCNC(=O)CSC(C)C. The fraction of sp³-hybridized carbons (Fsp3) is 0.800. The largest absolute Gasteiger partial charge is 0.466 e. The monoisotopic (exact) mass is 233 g/mol. The lowest BCUT2D eigenvalue weighted by molar-refractivity contribution is -0.142. The molecule has 0 aromatic heterocycles. The van der Waals surface area contributed by atoms with Crippen LogP contribution in [-0.2, 0) is 14.3 Å². The van der Waals surface area contributed by atoms with Crippen molar-refractivity contribution in [1.29, 1.82) is 0 Å². The summed E-state index contributed by atoms with van der Waals surface area (Å²) in [6.07, 6.45) is 0.242. The Hall–Kier alpha value is -0.710. The summed E-state index contributed by atoms with van der Waals surface area (Å²) in [5.41, 5.74) is 0. The Morgan fingerprint density at radius 3 is 2.60 bits per heavy atom. The van der Waals surface area contributed by atoms with Gasteiger partial charge >= 0.3 is 5.97 Å². The zero-order valence-corrected chi connectivity index (χ0v) is 10.4. The van der Waals surface area contributed by atoms with E-state index in [4.69, 9.17) is 4.74 Å². The molecule has 0 bridgehead atoms. The lowest BCUT2D eigenvalue weighted by atomic mass is 10.4. The Bertz CT molecular complexity index is 207. The molecule has 15 heavy (non-hydrogen) atoms. The number of carbonyl (C=O) groups is 2. The summed E-state index contributed by atoms with van der Waals surface area (Å²) in [7, 11) is 0. The molecule has 0 aliphatic carbocycles. The average molecular weight is 233 g/mol. The van der Waals surface area contributed by atoms with Gasteiger partial charge in [0.1, 0.15) is 0 Å². The Morgan fingerprint density at radius 2 is 2.07 bits per heavy atom. The smallest absolute Gasteiger partial charge is 0.307 e. The topological polar surface area (TPSA) is 55.4 Å². The zero-order valence-electron chi connectivity index (χ0n) is 9.54. The van der Waals surface area contributed by atoms with Crippen LogP contribution in [0.3, 0.4) is 0 Å². The average Bonchev–Trinajstić information content (AvgIpc) is 2.15. The summed E-state index contributed by atoms with van der Waals surface area (Å²) in [4.78, 5) is 22.1. The molecule has 0 aromatic rings. The Balaban J connectivity index is 3.42. The molecule has 1 N–H and O–H groups in total. The normalized spacial score (nSPS) is 10.1. The highest BCUT2D eigenvalue weighted by molar-refractivity contribution is 8.00. The van der Waals surface area contributed by atoms with Crippen LogP contribution in [0.15, 0.2) is 0 Å². The van der Waals surface area contributed by atoms with E-state index >= 15 is 0 Å². The van der Waals surface area contributed by atoms with E-state index in [9.17, 15) is 9.59 Å². The molecular formula is C10H19NO3S. The van der Waals surface area contributed by atoms with Crippen molar-refractivity contribution in [2.24, 2.45) is 0 Å². The molecule has 4 nitrogen and oxygen atoms in total. The van der Waals surface area contributed by atoms with Crippen LogP contribution in [0.25, 0.3) is 0 Å². The van der Waals surface area contributed by atoms with Crippen molar-refractivity contribution in [1.82, 2.24) is 5.32 Å². The zero-order chi connectivity index (χ0) is 11.7. The van der Waals surface area contributed by atoms with Crippen molar-refractivity contribution in [2.45, 2.75) is 32.4 Å². The van der Waals surface area contributed by atoms with Gasteiger partial charge in [0, 0.05) is 6.54 Å². The summed E-state index contributed by atoms with van der Waals surface area (Å²) in [6, 6.07) is 0. The van der Waals surface area contributed by atoms with Crippen LogP contribution in [0.1, 0.15) is 27.2 Å². The first-order valence-electron chi connectivity index (χ1n) is 5.10. The molecule has 0 heterocycles. The van der Waals surface area contributed by atoms with Crippen LogP contribution >= 0.6 is 11.8 Å². The molecule has 5 heteroatoms. The molecule has 0 rings (SSSR count). The molecule has 0 spiro atoms. The summed E-state index contributed by atoms with van der Waals surface area (Å²) < 4.78 is 4.73. The van der Waals surface area contributed by atoms with E-state index in [0.717, 1.165) is 0 Å². The first-order chi connectivity index (χ1) is 7.06. The van der Waals surface area contributed by atoms with Gasteiger partial charge in [-0.05, 0) is 12.2 Å². The lowest BCUT2D eigenvalue weighted by Crippen LogP contribution is -2.28. The molecule has 0 aliphatic heterocycles. The van der Waals surface area contributed by atoms with Crippen LogP contribution in [0, 0.1) is 0 Å². The van der Waals surface area contributed by atoms with Crippen LogP contribution in [-0.4, -0.2) is 36.0 Å². The Labute approximate surface area is 95.1 Å². The van der Waals surface area contributed by atoms with Crippen molar-refractivity contribution < 1.29 is 14.3 Å². The van der Waals surface area contributed by atoms with E-state index < -0.39 is 0 Å². The number of nitrogens with one attached hydrogen (secondary N) is 1. The van der Waals surface area contributed by atoms with Crippen LogP contribution < -0.4 is 5.32 Å². The third-order valence-electron chi connectivity index (χ3n) is 1.50. The molecular weight excluding hydrogens is 214 g/mol. The van der Waals surface area contributed by atoms with Crippen LogP contribution in [0.2, 0.25) is 0 Å². The van der Waals surface area contributed by atoms with Crippen molar-refractivity contribution in [3.05, 3.63) is 0 Å². The molecule has 0 aromatic carbocycles. The number of thioether (sulfide) groups is 1. The van der Waals surface area contributed by atoms with Gasteiger partial charge in [-0.15, -0.1) is 11.8 Å². The van der Waals surface area contributed by atoms with Crippen LogP contribution in [0.5, 0.6) is 0 Å². The van der Waals surface area contributed by atoms with Crippen molar-refractivity contribution in [2.75, 3.05) is 18.9 Å². The van der Waals surface area contributed by atoms with E-state index in [0.29, 0.717) is 24.2 Å². The van der Waals surface area contributed by atoms with E-state index in [-0.39, 0.29) is 18.3 Å². The molecule has 0 saturated carbocycles. The first-order valence-corrected chi connectivity index (χ1v) is 6.15. The molecule has 0 aliphatic rings. The van der Waals surface area contributed by atoms with Gasteiger partial charge in [0.2, 0.25) is 5.91 Å². The summed E-state index contributed by atoms with van der Waals surface area (Å²) >= 11 is 1.58. The standard InChI is InChI=1S/C10H19NO3S/c1-4-14-10(13)5-6-11-9(12)7-15-8(2)3/h8H,4-7H2,1-3H3,(H,11,12). The summed E-state index contributed by atoms with van der Waals surface area (Å²) in [5.74, 6) is 0.146. The molecule has 0 radical (unpaired) electrons. The maximum Gasteiger partial charge on any atom is 0.307 e. The van der Waals surface area contributed by atoms with Gasteiger partial charge in [-0.1, -0.05) is 13.8 Å². The van der Waals surface area contributed by atoms with Crippen molar-refractivity contribution in [3.63, 3.8) is 0 Å². The van der Waals surface area contributed by atoms with E-state index in [2.05, 4.69) is 5.32 Å². The fourth-order valence-electron chi connectivity index (χ4n) is 0.831. The third kappa shape index (κ3) is 9.59. The minimum Gasteiger partial charge on any atom is -0.466 e. The third-order valence-corrected chi connectivity index (χ3v) is 2.60. The molecule has 0 saturated heterocycles. The van der Waals surface area contributed by atoms with Gasteiger partial charge in [0.25, 0.3) is 0 Å². The quantitative estimate of drug-likeness (QED) is 0.671. The second kappa shape index (κ2) is 8.59.